The Hall–Kier alpha value is -2.29. The summed E-state index contributed by atoms with van der Waals surface area (Å²) in [5.74, 6) is 0.151. The number of Topliss-reactive ketones (excluding diaryl/α,β-unsaturated/α-hetero) is 1. The summed E-state index contributed by atoms with van der Waals surface area (Å²) in [4.78, 5) is 27.6. The van der Waals surface area contributed by atoms with E-state index in [2.05, 4.69) is 19.9 Å². The third-order valence-corrected chi connectivity index (χ3v) is 4.30. The van der Waals surface area contributed by atoms with Crippen LogP contribution in [0.5, 0.6) is 0 Å². The number of hydrogen-bond acceptors (Lipinski definition) is 7. The predicted molar refractivity (Wildman–Crippen MR) is 86.4 cm³/mol. The fourth-order valence-corrected chi connectivity index (χ4v) is 2.95. The van der Waals surface area contributed by atoms with E-state index in [4.69, 9.17) is 5.73 Å². The summed E-state index contributed by atoms with van der Waals surface area (Å²) < 4.78 is 6.59. The summed E-state index contributed by atoms with van der Waals surface area (Å²) in [5, 5.41) is 6.84. The normalized spacial score (nSPS) is 10.7. The van der Waals surface area contributed by atoms with Crippen molar-refractivity contribution in [2.45, 2.75) is 32.0 Å². The van der Waals surface area contributed by atoms with E-state index in [1.165, 1.54) is 18.9 Å². The Bertz CT molecular complexity index is 722. The first kappa shape index (κ1) is 17.1. The lowest BCUT2D eigenvalue weighted by Gasteiger charge is -2.08. The molecule has 0 aliphatic rings. The van der Waals surface area contributed by atoms with Gasteiger partial charge in [-0.2, -0.15) is 4.98 Å². The zero-order chi connectivity index (χ0) is 17.0. The quantitative estimate of drug-likeness (QED) is 0.445. The lowest BCUT2D eigenvalue weighted by atomic mass is 10.2. The maximum absolute atomic E-state index is 12.4. The monoisotopic (exact) mass is 337 g/mol. The molecule has 0 unspecified atom stereocenters. The van der Waals surface area contributed by atoms with E-state index in [0.717, 1.165) is 11.4 Å². The Morgan fingerprint density at radius 1 is 1.43 bits per heavy atom. The highest BCUT2D eigenvalue weighted by Gasteiger charge is 2.17. The largest absolute Gasteiger partial charge is 0.469 e. The number of H-pyrrole nitrogens is 1. The van der Waals surface area contributed by atoms with Crippen molar-refractivity contribution in [1.82, 2.24) is 19.7 Å². The van der Waals surface area contributed by atoms with E-state index < -0.39 is 0 Å². The number of nitrogens with two attached hydrogens (primary N) is 1. The molecule has 124 valence electrons. The number of aromatic amines is 1. The van der Waals surface area contributed by atoms with Crippen molar-refractivity contribution in [1.29, 1.82) is 0 Å². The minimum atomic E-state index is -0.275. The maximum Gasteiger partial charge on any atom is 0.307 e. The molecule has 0 aromatic carbocycles. The fraction of sp³-hybridized carbons (Fsp3) is 0.429. The summed E-state index contributed by atoms with van der Waals surface area (Å²) >= 11 is 1.22. The van der Waals surface area contributed by atoms with Crippen LogP contribution in [0.25, 0.3) is 0 Å². The summed E-state index contributed by atoms with van der Waals surface area (Å²) in [6.07, 6.45) is 0.270. The molecule has 0 saturated carbocycles. The topological polar surface area (TPSA) is 116 Å². The molecule has 2 aromatic rings. The van der Waals surface area contributed by atoms with E-state index in [1.54, 1.807) is 0 Å². The number of nitrogen functional groups attached to an aromatic ring is 1. The first-order valence-corrected chi connectivity index (χ1v) is 7.98. The molecule has 0 saturated heterocycles. The van der Waals surface area contributed by atoms with Gasteiger partial charge in [0, 0.05) is 23.5 Å². The third-order valence-electron chi connectivity index (χ3n) is 3.46. The van der Waals surface area contributed by atoms with Crippen LogP contribution in [-0.2, 0) is 16.1 Å². The summed E-state index contributed by atoms with van der Waals surface area (Å²) in [6, 6.07) is 1.84. The number of hydrogen-bond donors (Lipinski definition) is 2. The molecule has 0 radical (unpaired) electrons. The molecule has 8 nitrogen and oxygen atoms in total. The summed E-state index contributed by atoms with van der Waals surface area (Å²) in [6.45, 7) is 4.26. The Kier molecular flexibility index (Phi) is 5.43. The number of esters is 1. The molecule has 0 amide bonds. The van der Waals surface area contributed by atoms with Crippen molar-refractivity contribution < 1.29 is 14.3 Å². The van der Waals surface area contributed by atoms with Crippen LogP contribution >= 0.6 is 11.8 Å². The van der Waals surface area contributed by atoms with Gasteiger partial charge in [-0.25, -0.2) is 5.10 Å². The second-order valence-electron chi connectivity index (χ2n) is 4.98. The lowest BCUT2D eigenvalue weighted by molar-refractivity contribution is -0.140. The zero-order valence-corrected chi connectivity index (χ0v) is 14.1. The molecular formula is C14H19N5O3S. The van der Waals surface area contributed by atoms with Crippen molar-refractivity contribution in [3.05, 3.63) is 23.0 Å². The lowest BCUT2D eigenvalue weighted by Crippen LogP contribution is -2.10. The second-order valence-corrected chi connectivity index (χ2v) is 5.92. The van der Waals surface area contributed by atoms with E-state index >= 15 is 0 Å². The van der Waals surface area contributed by atoms with Gasteiger partial charge < -0.3 is 15.0 Å². The molecule has 0 fully saturated rings. The Morgan fingerprint density at radius 2 is 2.17 bits per heavy atom. The first-order valence-electron chi connectivity index (χ1n) is 6.99. The molecule has 3 N–H and O–H groups in total. The van der Waals surface area contributed by atoms with Gasteiger partial charge in [0.15, 0.2) is 5.78 Å². The molecule has 0 atom stereocenters. The average Bonchev–Trinajstić information content (AvgIpc) is 3.06. The SMILES string of the molecule is COC(=O)CCn1c(C)cc(C(=O)CSc2n[nH]c(N)n2)c1C. The van der Waals surface area contributed by atoms with Gasteiger partial charge in [0.25, 0.3) is 0 Å². The fourth-order valence-electron chi connectivity index (χ4n) is 2.26. The number of methoxy groups -OCH3 is 1. The number of thioether (sulfide) groups is 1. The number of aromatic nitrogens is 4. The van der Waals surface area contributed by atoms with Crippen LogP contribution in [0, 0.1) is 13.8 Å². The van der Waals surface area contributed by atoms with Gasteiger partial charge in [-0.3, -0.25) is 9.59 Å². The number of carbonyl (C=O) groups is 2. The van der Waals surface area contributed by atoms with Crippen molar-refractivity contribution in [3.8, 4) is 0 Å². The minimum absolute atomic E-state index is 0.0178. The smallest absolute Gasteiger partial charge is 0.307 e. The highest BCUT2D eigenvalue weighted by Crippen LogP contribution is 2.20. The Balaban J connectivity index is 2.04. The number of rotatable bonds is 7. The molecule has 0 spiro atoms. The molecule has 2 aromatic heterocycles. The number of anilines is 1. The molecule has 23 heavy (non-hydrogen) atoms. The van der Waals surface area contributed by atoms with Crippen LogP contribution in [0.3, 0.4) is 0 Å². The summed E-state index contributed by atoms with van der Waals surface area (Å²) in [5.41, 5.74) is 7.86. The standard InChI is InChI=1S/C14H19N5O3S/c1-8-6-10(9(2)19(8)5-4-12(21)22-3)11(20)7-23-14-16-13(15)17-18-14/h6H,4-5,7H2,1-3H3,(H3,15,16,17,18). The van der Waals surface area contributed by atoms with Gasteiger partial charge in [-0.1, -0.05) is 11.8 Å². The van der Waals surface area contributed by atoms with Crippen molar-refractivity contribution in [3.63, 3.8) is 0 Å². The Labute approximate surface area is 137 Å². The van der Waals surface area contributed by atoms with E-state index in [-0.39, 0.29) is 29.9 Å². The molecule has 0 aliphatic heterocycles. The highest BCUT2D eigenvalue weighted by atomic mass is 32.2. The van der Waals surface area contributed by atoms with Gasteiger partial charge in [0.2, 0.25) is 11.1 Å². The number of carbonyl (C=O) groups excluding carboxylic acids is 2. The number of ether oxygens (including phenoxy) is 1. The third kappa shape index (κ3) is 4.13. The predicted octanol–water partition coefficient (Wildman–Crippen LogP) is 1.34. The molecule has 0 bridgehead atoms. The number of aryl methyl sites for hydroxylation is 1. The van der Waals surface area contributed by atoms with Gasteiger partial charge in [0.05, 0.1) is 19.3 Å². The van der Waals surface area contributed by atoms with Gasteiger partial charge >= 0.3 is 5.97 Å². The molecule has 9 heteroatoms. The second kappa shape index (κ2) is 7.32. The van der Waals surface area contributed by atoms with Crippen molar-refractivity contribution >= 4 is 29.5 Å². The van der Waals surface area contributed by atoms with E-state index in [1.807, 2.05) is 24.5 Å². The van der Waals surface area contributed by atoms with Gasteiger partial charge in [-0.15, -0.1) is 5.10 Å². The zero-order valence-electron chi connectivity index (χ0n) is 13.3. The van der Waals surface area contributed by atoms with Crippen LogP contribution in [0.1, 0.15) is 28.2 Å². The number of nitrogens with zero attached hydrogens (tertiary/aromatic N) is 3. The van der Waals surface area contributed by atoms with Crippen LogP contribution < -0.4 is 5.73 Å². The van der Waals surface area contributed by atoms with Gasteiger partial charge in [-0.05, 0) is 19.9 Å². The minimum Gasteiger partial charge on any atom is -0.469 e. The highest BCUT2D eigenvalue weighted by molar-refractivity contribution is 7.99. The summed E-state index contributed by atoms with van der Waals surface area (Å²) in [7, 11) is 1.36. The van der Waals surface area contributed by atoms with E-state index in [9.17, 15) is 9.59 Å². The average molecular weight is 337 g/mol. The molecule has 0 aliphatic carbocycles. The van der Waals surface area contributed by atoms with Crippen LogP contribution in [0.4, 0.5) is 5.95 Å². The van der Waals surface area contributed by atoms with E-state index in [0.29, 0.717) is 17.3 Å². The first-order chi connectivity index (χ1) is 10.9. The van der Waals surface area contributed by atoms with Crippen molar-refractivity contribution in [2.75, 3.05) is 18.6 Å². The molecular weight excluding hydrogens is 318 g/mol. The van der Waals surface area contributed by atoms with Crippen LogP contribution in [-0.4, -0.2) is 44.4 Å². The number of ketones is 1. The maximum atomic E-state index is 12.4. The Morgan fingerprint density at radius 3 is 2.78 bits per heavy atom. The number of nitrogens with one attached hydrogen (secondary N) is 1. The van der Waals surface area contributed by atoms with Crippen LogP contribution in [0.2, 0.25) is 0 Å². The van der Waals surface area contributed by atoms with Crippen molar-refractivity contribution in [2.24, 2.45) is 0 Å². The molecule has 2 heterocycles. The van der Waals surface area contributed by atoms with Gasteiger partial charge in [0.1, 0.15) is 0 Å². The van der Waals surface area contributed by atoms with Crippen LogP contribution in [0.15, 0.2) is 11.2 Å². The molecule has 2 rings (SSSR count).